The molecule has 0 radical (unpaired) electrons. The van der Waals surface area contributed by atoms with Gasteiger partial charge in [-0.25, -0.2) is 14.7 Å². The summed E-state index contributed by atoms with van der Waals surface area (Å²) in [6, 6.07) is 10.8. The predicted molar refractivity (Wildman–Crippen MR) is 85.3 cm³/mol. The molecule has 6 rings (SSSR count). The van der Waals surface area contributed by atoms with Gasteiger partial charge in [0.1, 0.15) is 13.3 Å². The van der Waals surface area contributed by atoms with Crippen molar-refractivity contribution in [3.63, 3.8) is 0 Å². The summed E-state index contributed by atoms with van der Waals surface area (Å²) >= 11 is 0. The first-order valence-electron chi connectivity index (χ1n) is 8.02. The fraction of sp³-hybridized carbons (Fsp3) is 0.471. The van der Waals surface area contributed by atoms with Gasteiger partial charge in [0.15, 0.2) is 6.17 Å². The molecule has 22 heavy (non-hydrogen) atoms. The maximum Gasteiger partial charge on any atom is 0.177 e. The van der Waals surface area contributed by atoms with Gasteiger partial charge in [0.05, 0.1) is 32.6 Å². The second-order valence-corrected chi connectivity index (χ2v) is 7.35. The van der Waals surface area contributed by atoms with Gasteiger partial charge in [-0.15, -0.1) is 0 Å². The monoisotopic (exact) mass is 296 g/mol. The quantitative estimate of drug-likeness (QED) is 0.747. The minimum atomic E-state index is 0.435. The Balaban J connectivity index is 1.66. The number of aryl methyl sites for hydroxylation is 1. The lowest BCUT2D eigenvalue weighted by Gasteiger charge is -2.63. The van der Waals surface area contributed by atoms with E-state index >= 15 is 0 Å². The number of hydrogen-bond acceptors (Lipinski definition) is 4. The number of rotatable bonds is 1. The van der Waals surface area contributed by atoms with Crippen LogP contribution in [-0.4, -0.2) is 64.6 Å². The van der Waals surface area contributed by atoms with Gasteiger partial charge in [-0.3, -0.25) is 9.47 Å². The van der Waals surface area contributed by atoms with E-state index in [9.17, 15) is 0 Å². The Morgan fingerprint density at radius 2 is 1.82 bits per heavy atom. The SMILES string of the molecule is Cc1nc2ccccc2cc1C1N2CN3CN(C2)C[N+]1(C)C3. The van der Waals surface area contributed by atoms with Crippen LogP contribution in [0.2, 0.25) is 0 Å². The largest absolute Gasteiger partial charge is 0.282 e. The maximum atomic E-state index is 4.88. The van der Waals surface area contributed by atoms with Crippen molar-refractivity contribution in [3.05, 3.63) is 41.6 Å². The topological polar surface area (TPSA) is 22.6 Å². The van der Waals surface area contributed by atoms with Gasteiger partial charge in [-0.1, -0.05) is 18.2 Å². The number of benzene rings is 1. The van der Waals surface area contributed by atoms with Crippen LogP contribution in [0.5, 0.6) is 0 Å². The van der Waals surface area contributed by atoms with Crippen molar-refractivity contribution in [2.24, 2.45) is 0 Å². The van der Waals surface area contributed by atoms with E-state index in [-0.39, 0.29) is 0 Å². The fourth-order valence-corrected chi connectivity index (χ4v) is 4.79. The van der Waals surface area contributed by atoms with E-state index in [0.29, 0.717) is 6.17 Å². The Morgan fingerprint density at radius 1 is 1.09 bits per heavy atom. The molecule has 0 saturated carbocycles. The van der Waals surface area contributed by atoms with Crippen LogP contribution in [0.25, 0.3) is 10.9 Å². The molecule has 3 unspecified atom stereocenters. The van der Waals surface area contributed by atoms with Gasteiger partial charge in [0.2, 0.25) is 0 Å². The summed E-state index contributed by atoms with van der Waals surface area (Å²) in [5.74, 6) is 0. The van der Waals surface area contributed by atoms with Crippen LogP contribution in [0.1, 0.15) is 17.4 Å². The molecule has 5 nitrogen and oxygen atoms in total. The fourth-order valence-electron chi connectivity index (χ4n) is 4.79. The molecule has 1 aromatic heterocycles. The highest BCUT2D eigenvalue weighted by Crippen LogP contribution is 2.42. The van der Waals surface area contributed by atoms with Gasteiger partial charge >= 0.3 is 0 Å². The second-order valence-electron chi connectivity index (χ2n) is 7.35. The van der Waals surface area contributed by atoms with Gasteiger partial charge in [-0.05, 0) is 19.1 Å². The molecule has 0 aliphatic carbocycles. The summed E-state index contributed by atoms with van der Waals surface area (Å²) in [5.41, 5.74) is 3.69. The Kier molecular flexibility index (Phi) is 2.51. The molecule has 5 heteroatoms. The lowest BCUT2D eigenvalue weighted by atomic mass is 10.0. The number of para-hydroxylation sites is 1. The van der Waals surface area contributed by atoms with Gasteiger partial charge in [-0.2, -0.15) is 0 Å². The van der Waals surface area contributed by atoms with Crippen LogP contribution < -0.4 is 0 Å². The molecule has 4 bridgehead atoms. The van der Waals surface area contributed by atoms with Crippen LogP contribution >= 0.6 is 0 Å². The molecule has 4 saturated heterocycles. The first kappa shape index (κ1) is 13.0. The number of fused-ring (bicyclic) bond motifs is 1. The lowest BCUT2D eigenvalue weighted by Crippen LogP contribution is -2.78. The highest BCUT2D eigenvalue weighted by Gasteiger charge is 2.54. The summed E-state index contributed by atoms with van der Waals surface area (Å²) in [6.45, 7) is 7.75. The number of quaternary nitrogens is 1. The van der Waals surface area contributed by atoms with Crippen LogP contribution in [-0.2, 0) is 0 Å². The normalized spacial score (nSPS) is 39.5. The summed E-state index contributed by atoms with van der Waals surface area (Å²) in [6.07, 6.45) is 0.435. The molecule has 4 aliphatic heterocycles. The van der Waals surface area contributed by atoms with E-state index in [1.165, 1.54) is 16.6 Å². The summed E-state index contributed by atoms with van der Waals surface area (Å²) in [4.78, 5) is 12.6. The van der Waals surface area contributed by atoms with E-state index in [1.54, 1.807) is 0 Å². The maximum absolute atomic E-state index is 4.88. The minimum absolute atomic E-state index is 0.435. The third kappa shape index (κ3) is 1.71. The highest BCUT2D eigenvalue weighted by atomic mass is 15.7. The van der Waals surface area contributed by atoms with E-state index in [0.717, 1.165) is 43.3 Å². The van der Waals surface area contributed by atoms with Crippen LogP contribution in [0.15, 0.2) is 30.3 Å². The highest BCUT2D eigenvalue weighted by molar-refractivity contribution is 5.79. The molecular weight excluding hydrogens is 274 g/mol. The minimum Gasteiger partial charge on any atom is -0.282 e. The number of nitrogens with zero attached hydrogens (tertiary/aromatic N) is 5. The van der Waals surface area contributed by atoms with Crippen molar-refractivity contribution in [3.8, 4) is 0 Å². The summed E-state index contributed by atoms with van der Waals surface area (Å²) in [5, 5.41) is 1.26. The first-order valence-corrected chi connectivity index (χ1v) is 8.02. The number of hydrogen-bond donors (Lipinski definition) is 0. The van der Waals surface area contributed by atoms with Crippen molar-refractivity contribution in [1.29, 1.82) is 0 Å². The van der Waals surface area contributed by atoms with Crippen LogP contribution in [0.4, 0.5) is 0 Å². The van der Waals surface area contributed by atoms with E-state index in [2.05, 4.69) is 59.0 Å². The standard InChI is InChI=1S/C17H22N5/c1-13-15(7-14-5-3-4-6-16(14)18-13)17-21-9-19-8-20(10-21)12-22(17,2)11-19/h3-7,17H,8-12H2,1-2H3/q+1. The van der Waals surface area contributed by atoms with Crippen LogP contribution in [0.3, 0.4) is 0 Å². The number of pyridine rings is 1. The molecule has 0 N–H and O–H groups in total. The molecule has 4 aliphatic rings. The zero-order valence-corrected chi connectivity index (χ0v) is 13.2. The zero-order valence-electron chi connectivity index (χ0n) is 13.2. The predicted octanol–water partition coefficient (Wildman–Crippen LogP) is 1.72. The molecule has 2 aromatic rings. The molecule has 0 spiro atoms. The molecule has 0 amide bonds. The molecule has 1 aromatic carbocycles. The van der Waals surface area contributed by atoms with Crippen molar-refractivity contribution < 1.29 is 4.48 Å². The van der Waals surface area contributed by atoms with E-state index in [4.69, 9.17) is 4.98 Å². The molecule has 114 valence electrons. The Morgan fingerprint density at radius 3 is 2.55 bits per heavy atom. The Bertz CT molecular complexity index is 744. The molecular formula is C17H22N5+. The van der Waals surface area contributed by atoms with E-state index < -0.39 is 0 Å². The molecule has 3 atom stereocenters. The van der Waals surface area contributed by atoms with E-state index in [1.807, 2.05) is 0 Å². The summed E-state index contributed by atoms with van der Waals surface area (Å²) in [7, 11) is 2.39. The first-order chi connectivity index (χ1) is 10.6. The Labute approximate surface area is 130 Å². The third-order valence-corrected chi connectivity index (χ3v) is 5.38. The van der Waals surface area contributed by atoms with Gasteiger partial charge in [0.25, 0.3) is 0 Å². The molecule has 5 heterocycles. The zero-order chi connectivity index (χ0) is 14.9. The third-order valence-electron chi connectivity index (χ3n) is 5.38. The van der Waals surface area contributed by atoms with Crippen molar-refractivity contribution in [2.45, 2.75) is 13.1 Å². The van der Waals surface area contributed by atoms with Crippen molar-refractivity contribution >= 4 is 10.9 Å². The van der Waals surface area contributed by atoms with Crippen LogP contribution in [0, 0.1) is 6.92 Å². The Hall–Kier alpha value is -1.53. The average molecular weight is 296 g/mol. The van der Waals surface area contributed by atoms with Gasteiger partial charge < -0.3 is 0 Å². The number of aromatic nitrogens is 1. The van der Waals surface area contributed by atoms with Crippen molar-refractivity contribution in [1.82, 2.24) is 19.7 Å². The second kappa shape index (κ2) is 4.26. The van der Waals surface area contributed by atoms with Gasteiger partial charge in [0, 0.05) is 16.6 Å². The lowest BCUT2D eigenvalue weighted by molar-refractivity contribution is -0.994. The molecule has 4 fully saturated rings. The average Bonchev–Trinajstić information content (AvgIpc) is 2.45. The summed E-state index contributed by atoms with van der Waals surface area (Å²) < 4.78 is 1.06. The van der Waals surface area contributed by atoms with Crippen molar-refractivity contribution in [2.75, 3.05) is 40.4 Å². The smallest absolute Gasteiger partial charge is 0.177 e.